The van der Waals surface area contributed by atoms with E-state index in [-0.39, 0.29) is 5.75 Å². The van der Waals surface area contributed by atoms with Gasteiger partial charge in [0.25, 0.3) is 0 Å². The molecule has 0 radical (unpaired) electrons. The standard InChI is InChI=1S/C14H12Cl2N2O/c1-8-6-10(7-9(2)14(8)19)17-18-12-5-3-4-11(15)13(12)16/h3-7,19H,1-2H3. The Hall–Kier alpha value is -1.58. The molecule has 0 atom stereocenters. The van der Waals surface area contributed by atoms with E-state index in [4.69, 9.17) is 23.2 Å². The Morgan fingerprint density at radius 1 is 1.00 bits per heavy atom. The van der Waals surface area contributed by atoms with Crippen molar-refractivity contribution in [3.05, 3.63) is 51.5 Å². The van der Waals surface area contributed by atoms with Crippen molar-refractivity contribution in [1.82, 2.24) is 0 Å². The molecule has 3 nitrogen and oxygen atoms in total. The van der Waals surface area contributed by atoms with Gasteiger partial charge in [0.1, 0.15) is 11.4 Å². The molecule has 1 N–H and O–H groups in total. The molecular formula is C14H12Cl2N2O. The SMILES string of the molecule is Cc1cc(N=Nc2cccc(Cl)c2Cl)cc(C)c1O. The fourth-order valence-corrected chi connectivity index (χ4v) is 2.01. The molecule has 0 aromatic heterocycles. The first-order valence-corrected chi connectivity index (χ1v) is 6.40. The molecular weight excluding hydrogens is 283 g/mol. The summed E-state index contributed by atoms with van der Waals surface area (Å²) in [5, 5.41) is 18.7. The largest absolute Gasteiger partial charge is 0.507 e. The second kappa shape index (κ2) is 5.59. The molecule has 0 spiro atoms. The molecule has 0 fully saturated rings. The van der Waals surface area contributed by atoms with Crippen LogP contribution in [-0.2, 0) is 0 Å². The molecule has 0 aliphatic rings. The first-order valence-electron chi connectivity index (χ1n) is 5.65. The van der Waals surface area contributed by atoms with E-state index >= 15 is 0 Å². The second-order valence-electron chi connectivity index (χ2n) is 4.20. The van der Waals surface area contributed by atoms with Gasteiger partial charge in [0.15, 0.2) is 0 Å². The minimum Gasteiger partial charge on any atom is -0.507 e. The van der Waals surface area contributed by atoms with Gasteiger partial charge in [-0.3, -0.25) is 0 Å². The molecule has 0 heterocycles. The molecule has 98 valence electrons. The molecule has 2 rings (SSSR count). The summed E-state index contributed by atoms with van der Waals surface area (Å²) in [6.45, 7) is 3.63. The molecule has 5 heteroatoms. The number of rotatable bonds is 2. The first kappa shape index (κ1) is 13.8. The van der Waals surface area contributed by atoms with Gasteiger partial charge >= 0.3 is 0 Å². The number of hydrogen-bond acceptors (Lipinski definition) is 3. The maximum absolute atomic E-state index is 9.69. The van der Waals surface area contributed by atoms with Gasteiger partial charge in [0, 0.05) is 0 Å². The normalized spacial score (nSPS) is 11.2. The summed E-state index contributed by atoms with van der Waals surface area (Å²) in [5.41, 5.74) is 2.68. The van der Waals surface area contributed by atoms with Crippen LogP contribution in [0.4, 0.5) is 11.4 Å². The highest BCUT2D eigenvalue weighted by atomic mass is 35.5. The molecule has 0 saturated heterocycles. The van der Waals surface area contributed by atoms with Gasteiger partial charge in [-0.25, -0.2) is 0 Å². The van der Waals surface area contributed by atoms with Crippen molar-refractivity contribution in [1.29, 1.82) is 0 Å². The third kappa shape index (κ3) is 3.06. The van der Waals surface area contributed by atoms with Crippen LogP contribution >= 0.6 is 23.2 Å². The summed E-state index contributed by atoms with van der Waals surface area (Å²) in [6.07, 6.45) is 0. The van der Waals surface area contributed by atoms with Gasteiger partial charge in [-0.15, -0.1) is 5.11 Å². The van der Waals surface area contributed by atoms with E-state index in [1.807, 2.05) is 13.8 Å². The van der Waals surface area contributed by atoms with E-state index in [1.165, 1.54) is 0 Å². The Morgan fingerprint density at radius 3 is 2.26 bits per heavy atom. The lowest BCUT2D eigenvalue weighted by Gasteiger charge is -2.04. The van der Waals surface area contributed by atoms with Gasteiger partial charge in [0.2, 0.25) is 0 Å². The molecule has 2 aromatic rings. The highest BCUT2D eigenvalue weighted by Gasteiger charge is 2.05. The van der Waals surface area contributed by atoms with Crippen LogP contribution in [0.15, 0.2) is 40.6 Å². The van der Waals surface area contributed by atoms with Crippen LogP contribution in [0.5, 0.6) is 5.75 Å². The zero-order valence-corrected chi connectivity index (χ0v) is 12.0. The summed E-state index contributed by atoms with van der Waals surface area (Å²) in [5.74, 6) is 0.278. The van der Waals surface area contributed by atoms with Gasteiger partial charge in [-0.05, 0) is 49.2 Å². The molecule has 0 bridgehead atoms. The van der Waals surface area contributed by atoms with E-state index in [0.717, 1.165) is 11.1 Å². The Kier molecular flexibility index (Phi) is 4.08. The molecule has 2 aromatic carbocycles. The van der Waals surface area contributed by atoms with E-state index < -0.39 is 0 Å². The van der Waals surface area contributed by atoms with E-state index in [9.17, 15) is 5.11 Å². The number of phenolic OH excluding ortho intramolecular Hbond substituents is 1. The van der Waals surface area contributed by atoms with Gasteiger partial charge in [-0.2, -0.15) is 5.11 Å². The summed E-state index contributed by atoms with van der Waals surface area (Å²) >= 11 is 11.9. The van der Waals surface area contributed by atoms with Crippen molar-refractivity contribution < 1.29 is 5.11 Å². The van der Waals surface area contributed by atoms with Crippen LogP contribution in [0.3, 0.4) is 0 Å². The molecule has 0 saturated carbocycles. The Bertz CT molecular complexity index is 631. The van der Waals surface area contributed by atoms with Crippen molar-refractivity contribution >= 4 is 34.6 Å². The van der Waals surface area contributed by atoms with Gasteiger partial charge in [0.05, 0.1) is 15.7 Å². The Morgan fingerprint density at radius 2 is 1.63 bits per heavy atom. The summed E-state index contributed by atoms with van der Waals surface area (Å²) in [6, 6.07) is 8.69. The van der Waals surface area contributed by atoms with Crippen LogP contribution in [-0.4, -0.2) is 5.11 Å². The quantitative estimate of drug-likeness (QED) is 0.706. The zero-order chi connectivity index (χ0) is 14.0. The predicted molar refractivity (Wildman–Crippen MR) is 78.2 cm³/mol. The minimum atomic E-state index is 0.278. The van der Waals surface area contributed by atoms with Crippen molar-refractivity contribution in [2.75, 3.05) is 0 Å². The minimum absolute atomic E-state index is 0.278. The van der Waals surface area contributed by atoms with Gasteiger partial charge < -0.3 is 5.11 Å². The average Bonchev–Trinajstić information content (AvgIpc) is 2.37. The second-order valence-corrected chi connectivity index (χ2v) is 4.99. The highest BCUT2D eigenvalue weighted by molar-refractivity contribution is 6.43. The lowest BCUT2D eigenvalue weighted by atomic mass is 10.1. The topological polar surface area (TPSA) is 45.0 Å². The molecule has 19 heavy (non-hydrogen) atoms. The monoisotopic (exact) mass is 294 g/mol. The Balaban J connectivity index is 2.35. The third-order valence-corrected chi connectivity index (χ3v) is 3.49. The lowest BCUT2D eigenvalue weighted by molar-refractivity contribution is 0.467. The molecule has 0 aliphatic heterocycles. The summed E-state index contributed by atoms with van der Waals surface area (Å²) in [7, 11) is 0. The number of benzene rings is 2. The highest BCUT2D eigenvalue weighted by Crippen LogP contribution is 2.33. The van der Waals surface area contributed by atoms with Crippen LogP contribution in [0, 0.1) is 13.8 Å². The van der Waals surface area contributed by atoms with Crippen molar-refractivity contribution in [2.45, 2.75) is 13.8 Å². The predicted octanol–water partition coefficient (Wildman–Crippen LogP) is 5.73. The van der Waals surface area contributed by atoms with E-state index in [1.54, 1.807) is 30.3 Å². The number of aromatic hydroxyl groups is 1. The fourth-order valence-electron chi connectivity index (χ4n) is 1.67. The molecule has 0 aliphatic carbocycles. The fraction of sp³-hybridized carbons (Fsp3) is 0.143. The number of nitrogens with zero attached hydrogens (tertiary/aromatic N) is 2. The van der Waals surface area contributed by atoms with E-state index in [2.05, 4.69) is 10.2 Å². The molecule has 0 amide bonds. The Labute approximate surface area is 121 Å². The maximum Gasteiger partial charge on any atom is 0.121 e. The lowest BCUT2D eigenvalue weighted by Crippen LogP contribution is -1.79. The number of aryl methyl sites for hydroxylation is 2. The molecule has 0 unspecified atom stereocenters. The van der Waals surface area contributed by atoms with Crippen molar-refractivity contribution in [3.8, 4) is 5.75 Å². The number of azo groups is 1. The summed E-state index contributed by atoms with van der Waals surface area (Å²) in [4.78, 5) is 0. The zero-order valence-electron chi connectivity index (χ0n) is 10.5. The third-order valence-electron chi connectivity index (χ3n) is 2.68. The average molecular weight is 295 g/mol. The van der Waals surface area contributed by atoms with Crippen LogP contribution in [0.2, 0.25) is 10.0 Å². The smallest absolute Gasteiger partial charge is 0.121 e. The number of phenols is 1. The number of halogens is 2. The number of hydrogen-bond donors (Lipinski definition) is 1. The van der Waals surface area contributed by atoms with Crippen LogP contribution in [0.1, 0.15) is 11.1 Å². The van der Waals surface area contributed by atoms with E-state index in [0.29, 0.717) is 21.4 Å². The van der Waals surface area contributed by atoms with Gasteiger partial charge in [-0.1, -0.05) is 29.3 Å². The first-order chi connectivity index (χ1) is 8.99. The van der Waals surface area contributed by atoms with Crippen LogP contribution in [0.25, 0.3) is 0 Å². The van der Waals surface area contributed by atoms with Crippen molar-refractivity contribution in [3.63, 3.8) is 0 Å². The maximum atomic E-state index is 9.69. The van der Waals surface area contributed by atoms with Crippen LogP contribution < -0.4 is 0 Å². The summed E-state index contributed by atoms with van der Waals surface area (Å²) < 4.78 is 0. The van der Waals surface area contributed by atoms with Crippen molar-refractivity contribution in [2.24, 2.45) is 10.2 Å².